The Morgan fingerprint density at radius 3 is 3.06 bits per heavy atom. The Morgan fingerprint density at radius 2 is 2.28 bits per heavy atom. The monoisotopic (exact) mass is 284 g/mol. The molecule has 1 fully saturated rings. The number of hydrogen-bond donors (Lipinski definition) is 1. The van der Waals surface area contributed by atoms with E-state index in [1.54, 1.807) is 0 Å². The Labute approximate surface area is 119 Å². The van der Waals surface area contributed by atoms with Gasteiger partial charge in [0, 0.05) is 43.0 Å². The number of hydrogen-bond acceptors (Lipinski definition) is 3. The summed E-state index contributed by atoms with van der Waals surface area (Å²) in [6, 6.07) is 8.64. The molecule has 1 heterocycles. The summed E-state index contributed by atoms with van der Waals surface area (Å²) in [6.07, 6.45) is 0. The maximum atomic E-state index is 6.32. The van der Waals surface area contributed by atoms with Gasteiger partial charge >= 0.3 is 0 Å². The zero-order valence-corrected chi connectivity index (χ0v) is 12.4. The summed E-state index contributed by atoms with van der Waals surface area (Å²) < 4.78 is 0. The average molecular weight is 285 g/mol. The first-order valence-corrected chi connectivity index (χ1v) is 8.13. The molecule has 1 atom stereocenters. The Bertz CT molecular complexity index is 373. The predicted molar refractivity (Wildman–Crippen MR) is 81.6 cm³/mol. The van der Waals surface area contributed by atoms with Crippen LogP contribution in [0.25, 0.3) is 0 Å². The van der Waals surface area contributed by atoms with Crippen molar-refractivity contribution in [3.8, 4) is 0 Å². The molecule has 1 aliphatic rings. The third-order valence-electron chi connectivity index (χ3n) is 3.35. The van der Waals surface area contributed by atoms with Crippen molar-refractivity contribution in [2.45, 2.75) is 13.0 Å². The normalized spacial score (nSPS) is 21.1. The number of thioether (sulfide) groups is 1. The summed E-state index contributed by atoms with van der Waals surface area (Å²) in [5, 5.41) is 4.36. The molecule has 0 amide bonds. The molecule has 1 aromatic rings. The minimum Gasteiger partial charge on any atom is -0.314 e. The Morgan fingerprint density at radius 1 is 1.44 bits per heavy atom. The fourth-order valence-corrected chi connectivity index (χ4v) is 3.31. The van der Waals surface area contributed by atoms with Crippen LogP contribution in [0.2, 0.25) is 5.02 Å². The molecule has 2 nitrogen and oxygen atoms in total. The van der Waals surface area contributed by atoms with E-state index in [1.807, 2.05) is 23.9 Å². The number of piperazine rings is 1. The molecular formula is C14H21ClN2S. The molecule has 1 saturated heterocycles. The molecule has 1 N–H and O–H groups in total. The van der Waals surface area contributed by atoms with Crippen molar-refractivity contribution in [2.75, 3.05) is 37.7 Å². The van der Waals surface area contributed by atoms with Crippen molar-refractivity contribution in [1.82, 2.24) is 10.2 Å². The van der Waals surface area contributed by atoms with Gasteiger partial charge < -0.3 is 5.32 Å². The highest BCUT2D eigenvalue weighted by Gasteiger charge is 2.24. The van der Waals surface area contributed by atoms with Gasteiger partial charge in [0.25, 0.3) is 0 Å². The molecule has 0 bridgehead atoms. The quantitative estimate of drug-likeness (QED) is 0.837. The molecule has 4 heteroatoms. The predicted octanol–water partition coefficient (Wildman–Crippen LogP) is 3.04. The fraction of sp³-hybridized carbons (Fsp3) is 0.571. The van der Waals surface area contributed by atoms with Gasteiger partial charge in [0.1, 0.15) is 0 Å². The maximum absolute atomic E-state index is 6.32. The van der Waals surface area contributed by atoms with E-state index in [4.69, 9.17) is 11.6 Å². The number of benzene rings is 1. The van der Waals surface area contributed by atoms with Crippen LogP contribution in [0.5, 0.6) is 0 Å². The van der Waals surface area contributed by atoms with Crippen molar-refractivity contribution >= 4 is 23.4 Å². The van der Waals surface area contributed by atoms with Gasteiger partial charge in [-0.1, -0.05) is 36.7 Å². The summed E-state index contributed by atoms with van der Waals surface area (Å²) in [7, 11) is 0. The molecule has 0 aromatic heterocycles. The molecule has 0 saturated carbocycles. The van der Waals surface area contributed by atoms with Crippen molar-refractivity contribution in [1.29, 1.82) is 0 Å². The van der Waals surface area contributed by atoms with Crippen molar-refractivity contribution < 1.29 is 0 Å². The lowest BCUT2D eigenvalue weighted by Gasteiger charge is -2.36. The van der Waals surface area contributed by atoms with Gasteiger partial charge in [-0.3, -0.25) is 4.90 Å². The van der Waals surface area contributed by atoms with E-state index >= 15 is 0 Å². The largest absolute Gasteiger partial charge is 0.314 e. The molecule has 0 radical (unpaired) electrons. The molecule has 0 spiro atoms. The van der Waals surface area contributed by atoms with E-state index < -0.39 is 0 Å². The highest BCUT2D eigenvalue weighted by molar-refractivity contribution is 7.99. The standard InChI is InChI=1S/C14H21ClN2S/c1-2-18-10-9-17-8-7-16-11-14(17)12-5-3-4-6-13(12)15/h3-6,14,16H,2,7-11H2,1H3. The summed E-state index contributed by atoms with van der Waals surface area (Å²) in [5.41, 5.74) is 1.26. The van der Waals surface area contributed by atoms with Crippen LogP contribution in [0.15, 0.2) is 24.3 Å². The first-order valence-electron chi connectivity index (χ1n) is 6.60. The van der Waals surface area contributed by atoms with Crippen LogP contribution >= 0.6 is 23.4 Å². The van der Waals surface area contributed by atoms with Gasteiger partial charge in [-0.2, -0.15) is 11.8 Å². The highest BCUT2D eigenvalue weighted by Crippen LogP contribution is 2.28. The Kier molecular flexibility index (Phi) is 5.83. The molecule has 2 rings (SSSR count). The van der Waals surface area contributed by atoms with Crippen LogP contribution in [-0.2, 0) is 0 Å². The van der Waals surface area contributed by atoms with Crippen molar-refractivity contribution in [3.05, 3.63) is 34.9 Å². The molecule has 100 valence electrons. The fourth-order valence-electron chi connectivity index (χ4n) is 2.39. The summed E-state index contributed by atoms with van der Waals surface area (Å²) >= 11 is 8.33. The second kappa shape index (κ2) is 7.39. The Hall–Kier alpha value is -0.220. The highest BCUT2D eigenvalue weighted by atomic mass is 35.5. The number of halogens is 1. The van der Waals surface area contributed by atoms with E-state index in [-0.39, 0.29) is 0 Å². The summed E-state index contributed by atoms with van der Waals surface area (Å²) in [6.45, 7) is 6.56. The van der Waals surface area contributed by atoms with Gasteiger partial charge in [-0.25, -0.2) is 0 Å². The van der Waals surface area contributed by atoms with Gasteiger partial charge in [0.15, 0.2) is 0 Å². The van der Waals surface area contributed by atoms with E-state index in [9.17, 15) is 0 Å². The van der Waals surface area contributed by atoms with Crippen molar-refractivity contribution in [2.24, 2.45) is 0 Å². The van der Waals surface area contributed by atoms with Gasteiger partial charge in [0.05, 0.1) is 0 Å². The topological polar surface area (TPSA) is 15.3 Å². The third-order valence-corrected chi connectivity index (χ3v) is 4.57. The second-order valence-electron chi connectivity index (χ2n) is 4.47. The van der Waals surface area contributed by atoms with E-state index in [0.717, 1.165) is 31.2 Å². The van der Waals surface area contributed by atoms with Gasteiger partial charge in [-0.05, 0) is 17.4 Å². The van der Waals surface area contributed by atoms with Gasteiger partial charge in [0.2, 0.25) is 0 Å². The minimum atomic E-state index is 0.421. The summed E-state index contributed by atoms with van der Waals surface area (Å²) in [4.78, 5) is 2.56. The number of nitrogens with zero attached hydrogens (tertiary/aromatic N) is 1. The van der Waals surface area contributed by atoms with E-state index in [2.05, 4.69) is 29.3 Å². The van der Waals surface area contributed by atoms with Crippen LogP contribution < -0.4 is 5.32 Å². The molecule has 18 heavy (non-hydrogen) atoms. The van der Waals surface area contributed by atoms with Gasteiger partial charge in [-0.15, -0.1) is 0 Å². The third kappa shape index (κ3) is 3.64. The maximum Gasteiger partial charge on any atom is 0.0488 e. The SMILES string of the molecule is CCSCCN1CCNCC1c1ccccc1Cl. The molecular weight excluding hydrogens is 264 g/mol. The second-order valence-corrected chi connectivity index (χ2v) is 6.28. The molecule has 0 aliphatic carbocycles. The van der Waals surface area contributed by atoms with Crippen LogP contribution in [0.3, 0.4) is 0 Å². The molecule has 1 aromatic carbocycles. The van der Waals surface area contributed by atoms with Crippen LogP contribution in [0, 0.1) is 0 Å². The average Bonchev–Trinajstić information content (AvgIpc) is 2.40. The number of rotatable bonds is 5. The minimum absolute atomic E-state index is 0.421. The molecule has 1 aliphatic heterocycles. The van der Waals surface area contributed by atoms with Crippen molar-refractivity contribution in [3.63, 3.8) is 0 Å². The number of nitrogens with one attached hydrogen (secondary N) is 1. The lowest BCUT2D eigenvalue weighted by atomic mass is 10.0. The van der Waals surface area contributed by atoms with Crippen LogP contribution in [0.4, 0.5) is 0 Å². The van der Waals surface area contributed by atoms with Crippen LogP contribution in [-0.4, -0.2) is 42.6 Å². The first kappa shape index (κ1) is 14.2. The zero-order valence-electron chi connectivity index (χ0n) is 10.9. The zero-order chi connectivity index (χ0) is 12.8. The molecule has 1 unspecified atom stereocenters. The lowest BCUT2D eigenvalue weighted by molar-refractivity contribution is 0.172. The van der Waals surface area contributed by atoms with E-state index in [0.29, 0.717) is 6.04 Å². The Balaban J connectivity index is 2.05. The first-order chi connectivity index (χ1) is 8.83. The lowest BCUT2D eigenvalue weighted by Crippen LogP contribution is -2.46. The van der Waals surface area contributed by atoms with Crippen LogP contribution in [0.1, 0.15) is 18.5 Å². The summed E-state index contributed by atoms with van der Waals surface area (Å²) in [5.74, 6) is 2.40. The smallest absolute Gasteiger partial charge is 0.0488 e. The van der Waals surface area contributed by atoms with E-state index in [1.165, 1.54) is 17.1 Å².